The summed E-state index contributed by atoms with van der Waals surface area (Å²) in [7, 11) is 0. The van der Waals surface area contributed by atoms with Gasteiger partial charge in [0.25, 0.3) is 0 Å². The van der Waals surface area contributed by atoms with E-state index < -0.39 is 0 Å². The van der Waals surface area contributed by atoms with Crippen molar-refractivity contribution in [3.8, 4) is 16.8 Å². The summed E-state index contributed by atoms with van der Waals surface area (Å²) in [5, 5.41) is 5.87. The van der Waals surface area contributed by atoms with E-state index in [9.17, 15) is 0 Å². The fourth-order valence-corrected chi connectivity index (χ4v) is 6.21. The van der Waals surface area contributed by atoms with Gasteiger partial charge in [-0.2, -0.15) is 0 Å². The van der Waals surface area contributed by atoms with Gasteiger partial charge in [0.1, 0.15) is 11.1 Å². The van der Waals surface area contributed by atoms with Gasteiger partial charge in [0.15, 0.2) is 0 Å². The van der Waals surface area contributed by atoms with Crippen LogP contribution >= 0.6 is 0 Å². The lowest BCUT2D eigenvalue weighted by Gasteiger charge is -2.13. The Kier molecular flexibility index (Phi) is 4.30. The summed E-state index contributed by atoms with van der Waals surface area (Å²) >= 11 is 0. The quantitative estimate of drug-likeness (QED) is 0.232. The average Bonchev–Trinajstić information content (AvgIpc) is 3.54. The molecule has 0 spiro atoms. The molecule has 0 aliphatic rings. The molecular formula is C36H21N3O. The van der Waals surface area contributed by atoms with Crippen molar-refractivity contribution in [2.45, 2.75) is 0 Å². The Morgan fingerprint density at radius 2 is 1.23 bits per heavy atom. The lowest BCUT2D eigenvalue weighted by Crippen LogP contribution is -1.94. The van der Waals surface area contributed by atoms with Crippen LogP contribution in [0, 0.1) is 0 Å². The molecule has 0 aliphatic heterocycles. The molecule has 40 heavy (non-hydrogen) atoms. The van der Waals surface area contributed by atoms with Crippen molar-refractivity contribution in [2.75, 3.05) is 0 Å². The summed E-state index contributed by atoms with van der Waals surface area (Å²) < 4.78 is 8.54. The molecule has 0 N–H and O–H groups in total. The first-order valence-electron chi connectivity index (χ1n) is 13.4. The third-order valence-electron chi connectivity index (χ3n) is 7.98. The standard InChI is InChI=1S/C36H21N3O/c1-2-10-23(11-3-1)39-32-17-9-6-13-25(32)28-21-27(24-12-4-5-14-26(24)35(28)39)22-18-19-33-29(20-22)34-36(40-33)38-31-16-8-7-15-30(31)37-34/h1-21H. The highest BCUT2D eigenvalue weighted by molar-refractivity contribution is 6.22. The summed E-state index contributed by atoms with van der Waals surface area (Å²) in [6.45, 7) is 0. The highest BCUT2D eigenvalue weighted by Crippen LogP contribution is 2.42. The summed E-state index contributed by atoms with van der Waals surface area (Å²) in [6.07, 6.45) is 0. The van der Waals surface area contributed by atoms with Gasteiger partial charge in [-0.1, -0.05) is 78.9 Å². The molecule has 0 aliphatic carbocycles. The normalized spacial score (nSPS) is 12.0. The molecule has 9 rings (SSSR count). The van der Waals surface area contributed by atoms with Crippen LogP contribution in [0.25, 0.3) is 82.6 Å². The van der Waals surface area contributed by atoms with Crippen LogP contribution in [-0.2, 0) is 0 Å². The maximum atomic E-state index is 6.14. The van der Waals surface area contributed by atoms with Crippen molar-refractivity contribution in [1.29, 1.82) is 0 Å². The first-order chi connectivity index (χ1) is 19.8. The fourth-order valence-electron chi connectivity index (χ4n) is 6.21. The van der Waals surface area contributed by atoms with Crippen LogP contribution in [0.15, 0.2) is 132 Å². The zero-order valence-electron chi connectivity index (χ0n) is 21.4. The Balaban J connectivity index is 1.38. The number of para-hydroxylation sites is 4. The maximum Gasteiger partial charge on any atom is 0.246 e. The van der Waals surface area contributed by atoms with Gasteiger partial charge in [0.2, 0.25) is 5.71 Å². The fraction of sp³-hybridized carbons (Fsp3) is 0. The lowest BCUT2D eigenvalue weighted by atomic mass is 9.94. The molecule has 0 unspecified atom stereocenters. The third kappa shape index (κ3) is 2.96. The van der Waals surface area contributed by atoms with E-state index in [4.69, 9.17) is 14.4 Å². The van der Waals surface area contributed by atoms with Crippen LogP contribution < -0.4 is 0 Å². The smallest absolute Gasteiger partial charge is 0.246 e. The molecule has 0 radical (unpaired) electrons. The SMILES string of the molecule is c1ccc(-n2c3ccccc3c3cc(-c4ccc5oc6nc7ccccc7nc6c5c4)c4ccccc4c32)cc1. The van der Waals surface area contributed by atoms with E-state index >= 15 is 0 Å². The van der Waals surface area contributed by atoms with E-state index in [0.29, 0.717) is 5.71 Å². The average molecular weight is 512 g/mol. The minimum Gasteiger partial charge on any atom is -0.436 e. The number of hydrogen-bond acceptors (Lipinski definition) is 3. The van der Waals surface area contributed by atoms with Crippen LogP contribution in [0.2, 0.25) is 0 Å². The Morgan fingerprint density at radius 1 is 0.525 bits per heavy atom. The van der Waals surface area contributed by atoms with Crippen LogP contribution in [0.4, 0.5) is 0 Å². The molecule has 0 bridgehead atoms. The van der Waals surface area contributed by atoms with Gasteiger partial charge in [-0.15, -0.1) is 0 Å². The largest absolute Gasteiger partial charge is 0.436 e. The lowest BCUT2D eigenvalue weighted by molar-refractivity contribution is 0.655. The molecule has 0 fully saturated rings. The van der Waals surface area contributed by atoms with E-state index in [0.717, 1.165) is 38.8 Å². The van der Waals surface area contributed by atoms with Gasteiger partial charge >= 0.3 is 0 Å². The van der Waals surface area contributed by atoms with Crippen molar-refractivity contribution < 1.29 is 4.42 Å². The molecule has 4 heteroatoms. The van der Waals surface area contributed by atoms with Crippen LogP contribution in [-0.4, -0.2) is 14.5 Å². The minimum atomic E-state index is 0.567. The summed E-state index contributed by atoms with van der Waals surface area (Å²) in [5.41, 5.74) is 9.74. The molecule has 9 aromatic rings. The van der Waals surface area contributed by atoms with Crippen LogP contribution in [0.3, 0.4) is 0 Å². The van der Waals surface area contributed by atoms with Crippen molar-refractivity contribution in [2.24, 2.45) is 0 Å². The monoisotopic (exact) mass is 511 g/mol. The molecule has 0 saturated heterocycles. The Labute approximate surface area is 228 Å². The summed E-state index contributed by atoms with van der Waals surface area (Å²) in [6, 6.07) is 44.7. The zero-order chi connectivity index (χ0) is 26.2. The van der Waals surface area contributed by atoms with E-state index in [2.05, 4.69) is 102 Å². The molecule has 3 heterocycles. The second-order valence-corrected chi connectivity index (χ2v) is 10.2. The van der Waals surface area contributed by atoms with Crippen molar-refractivity contribution in [3.05, 3.63) is 127 Å². The number of hydrogen-bond donors (Lipinski definition) is 0. The first kappa shape index (κ1) is 21.5. The van der Waals surface area contributed by atoms with E-state index in [1.54, 1.807) is 0 Å². The Bertz CT molecular complexity index is 2430. The van der Waals surface area contributed by atoms with Crippen molar-refractivity contribution in [3.63, 3.8) is 0 Å². The molecule has 0 saturated carbocycles. The predicted octanol–water partition coefficient (Wildman–Crippen LogP) is 9.45. The number of rotatable bonds is 2. The number of furan rings is 1. The molecular weight excluding hydrogens is 490 g/mol. The third-order valence-corrected chi connectivity index (χ3v) is 7.98. The number of benzene rings is 6. The first-order valence-corrected chi connectivity index (χ1v) is 13.4. The molecule has 6 aromatic carbocycles. The zero-order valence-corrected chi connectivity index (χ0v) is 21.4. The number of nitrogens with zero attached hydrogens (tertiary/aromatic N) is 3. The Hall–Kier alpha value is -5.48. The topological polar surface area (TPSA) is 43.9 Å². The second kappa shape index (κ2) is 8.01. The highest BCUT2D eigenvalue weighted by Gasteiger charge is 2.19. The molecule has 4 nitrogen and oxygen atoms in total. The molecule has 186 valence electrons. The Morgan fingerprint density at radius 3 is 2.08 bits per heavy atom. The van der Waals surface area contributed by atoms with Gasteiger partial charge in [0.05, 0.1) is 22.1 Å². The second-order valence-electron chi connectivity index (χ2n) is 10.2. The van der Waals surface area contributed by atoms with E-state index in [1.807, 2.05) is 30.3 Å². The molecule has 0 atom stereocenters. The van der Waals surface area contributed by atoms with Gasteiger partial charge in [-0.25, -0.2) is 9.97 Å². The summed E-state index contributed by atoms with van der Waals surface area (Å²) in [5.74, 6) is 0. The van der Waals surface area contributed by atoms with E-state index in [1.165, 1.54) is 38.1 Å². The molecule has 0 amide bonds. The van der Waals surface area contributed by atoms with Crippen molar-refractivity contribution >= 4 is 65.8 Å². The van der Waals surface area contributed by atoms with Gasteiger partial charge < -0.3 is 8.98 Å². The predicted molar refractivity (Wildman–Crippen MR) is 164 cm³/mol. The molecule has 3 aromatic heterocycles. The maximum absolute atomic E-state index is 6.14. The summed E-state index contributed by atoms with van der Waals surface area (Å²) in [4.78, 5) is 9.67. The van der Waals surface area contributed by atoms with Gasteiger partial charge in [0, 0.05) is 27.2 Å². The van der Waals surface area contributed by atoms with E-state index in [-0.39, 0.29) is 0 Å². The highest BCUT2D eigenvalue weighted by atomic mass is 16.3. The van der Waals surface area contributed by atoms with Crippen LogP contribution in [0.1, 0.15) is 0 Å². The minimum absolute atomic E-state index is 0.567. The van der Waals surface area contributed by atoms with Gasteiger partial charge in [-0.05, 0) is 65.0 Å². The van der Waals surface area contributed by atoms with Crippen LogP contribution in [0.5, 0.6) is 0 Å². The number of fused-ring (bicyclic) bond motifs is 9. The van der Waals surface area contributed by atoms with Gasteiger partial charge in [-0.3, -0.25) is 0 Å². The van der Waals surface area contributed by atoms with Crippen molar-refractivity contribution in [1.82, 2.24) is 14.5 Å². The number of aromatic nitrogens is 3.